The fourth-order valence-corrected chi connectivity index (χ4v) is 8.52. The number of quaternary nitrogens is 1. The van der Waals surface area contributed by atoms with Crippen molar-refractivity contribution >= 4 is 29.2 Å². The molecule has 8 heteroatoms. The lowest BCUT2D eigenvalue weighted by Gasteiger charge is -2.58. The first-order chi connectivity index (χ1) is 17.5. The standard InChI is InChI=1S/C28H28N4O4/c33-25-13-23-26-20-12-24-28(7-8-30(24)15-17(20)6-9-36-23)21-11-18(4-5-22(21)31(25)27(26)28)29-14-16-2-1-3-19(10-16)32(34)35/h1-6,10-11,14,20,23-24,26-27,32,34H,7-9,12-13,15H2. The monoisotopic (exact) mass is 484 g/mol. The maximum absolute atomic E-state index is 13.6. The number of nitrogens with zero attached hydrogens (tertiary/aromatic N) is 3. The molecule has 8 rings (SSSR count). The van der Waals surface area contributed by atoms with Gasteiger partial charge in [-0.15, -0.1) is 0 Å². The Labute approximate surface area is 209 Å². The molecule has 184 valence electrons. The lowest BCUT2D eigenvalue weighted by atomic mass is 9.53. The molecule has 1 saturated carbocycles. The van der Waals surface area contributed by atoms with Crippen LogP contribution < -0.4 is 10.1 Å². The van der Waals surface area contributed by atoms with Gasteiger partial charge in [-0.05, 0) is 54.6 Å². The van der Waals surface area contributed by atoms with Crippen molar-refractivity contribution in [1.82, 2.24) is 4.90 Å². The van der Waals surface area contributed by atoms with E-state index < -0.39 is 5.23 Å². The summed E-state index contributed by atoms with van der Waals surface area (Å²) in [4.78, 5) is 23.1. The van der Waals surface area contributed by atoms with Crippen molar-refractivity contribution in [3.63, 3.8) is 0 Å². The topological polar surface area (TPSA) is 92.9 Å². The van der Waals surface area contributed by atoms with E-state index in [1.807, 2.05) is 12.1 Å². The van der Waals surface area contributed by atoms with Crippen LogP contribution in [-0.2, 0) is 14.9 Å². The molecule has 7 unspecified atom stereocenters. The molecule has 4 fully saturated rings. The Balaban J connectivity index is 1.24. The van der Waals surface area contributed by atoms with E-state index in [4.69, 9.17) is 9.73 Å². The number of benzene rings is 2. The van der Waals surface area contributed by atoms with Crippen molar-refractivity contribution in [2.45, 2.75) is 42.9 Å². The highest BCUT2D eigenvalue weighted by molar-refractivity contribution is 5.99. The molecule has 7 atom stereocenters. The number of hydrogen-bond donors (Lipinski definition) is 2. The number of nitrogens with one attached hydrogen (secondary N) is 1. The first-order valence-electron chi connectivity index (χ1n) is 12.9. The van der Waals surface area contributed by atoms with Gasteiger partial charge < -0.3 is 14.8 Å². The molecule has 5 aliphatic heterocycles. The minimum atomic E-state index is -0.948. The third-order valence-electron chi connectivity index (χ3n) is 9.79. The molecule has 2 bridgehead atoms. The minimum absolute atomic E-state index is 0.00390. The van der Waals surface area contributed by atoms with Crippen LogP contribution in [0.3, 0.4) is 0 Å². The molecule has 0 aromatic heterocycles. The smallest absolute Gasteiger partial charge is 0.229 e. The number of anilines is 1. The lowest BCUT2D eigenvalue weighted by molar-refractivity contribution is -0.991. The second kappa shape index (κ2) is 7.34. The van der Waals surface area contributed by atoms with Gasteiger partial charge in [0.25, 0.3) is 0 Å². The summed E-state index contributed by atoms with van der Waals surface area (Å²) in [5.41, 5.74) is 5.58. The van der Waals surface area contributed by atoms with Crippen molar-refractivity contribution in [1.29, 1.82) is 0 Å². The SMILES string of the molecule is O=C1CC2OCC=C3CN4CCC56c7cc(N=Cc8cccc([NH+]([O-])O)c8)ccc7N1C5C2C3CC46. The van der Waals surface area contributed by atoms with Crippen LogP contribution in [0, 0.1) is 17.0 Å². The molecule has 2 aromatic rings. The van der Waals surface area contributed by atoms with Crippen molar-refractivity contribution in [2.24, 2.45) is 16.8 Å². The summed E-state index contributed by atoms with van der Waals surface area (Å²) >= 11 is 0. The van der Waals surface area contributed by atoms with Crippen LogP contribution in [0.15, 0.2) is 59.1 Å². The number of aliphatic imine (C=N–C) groups is 1. The predicted molar refractivity (Wildman–Crippen MR) is 133 cm³/mol. The second-order valence-corrected chi connectivity index (χ2v) is 11.1. The zero-order valence-electron chi connectivity index (χ0n) is 19.8. The van der Waals surface area contributed by atoms with Gasteiger partial charge in [0.1, 0.15) is 0 Å². The van der Waals surface area contributed by atoms with Crippen LogP contribution in [0.4, 0.5) is 17.1 Å². The maximum atomic E-state index is 13.6. The minimum Gasteiger partial charge on any atom is -0.595 e. The summed E-state index contributed by atoms with van der Waals surface area (Å²) in [5.74, 6) is 1.02. The number of carbonyl (C=O) groups excluding carboxylic acids is 1. The number of rotatable bonds is 3. The highest BCUT2D eigenvalue weighted by Gasteiger charge is 2.71. The molecule has 6 aliphatic rings. The Morgan fingerprint density at radius 3 is 3.06 bits per heavy atom. The van der Waals surface area contributed by atoms with E-state index in [0.29, 0.717) is 30.9 Å². The predicted octanol–water partition coefficient (Wildman–Crippen LogP) is 2.25. The zero-order valence-corrected chi connectivity index (χ0v) is 19.8. The van der Waals surface area contributed by atoms with E-state index >= 15 is 0 Å². The molecule has 36 heavy (non-hydrogen) atoms. The summed E-state index contributed by atoms with van der Waals surface area (Å²) in [7, 11) is 0. The molecule has 2 aromatic carbocycles. The normalized spacial score (nSPS) is 36.6. The fourth-order valence-electron chi connectivity index (χ4n) is 8.52. The average molecular weight is 485 g/mol. The molecule has 1 aliphatic carbocycles. The van der Waals surface area contributed by atoms with Gasteiger partial charge in [0.05, 0.1) is 30.9 Å². The first-order valence-corrected chi connectivity index (χ1v) is 12.9. The van der Waals surface area contributed by atoms with E-state index in [0.717, 1.165) is 42.9 Å². The van der Waals surface area contributed by atoms with Crippen LogP contribution in [0.1, 0.15) is 30.4 Å². The van der Waals surface area contributed by atoms with E-state index in [-0.39, 0.29) is 29.2 Å². The molecule has 8 nitrogen and oxygen atoms in total. The third-order valence-corrected chi connectivity index (χ3v) is 9.79. The van der Waals surface area contributed by atoms with Crippen LogP contribution in [0.25, 0.3) is 0 Å². The summed E-state index contributed by atoms with van der Waals surface area (Å²) in [6.07, 6.45) is 6.68. The Kier molecular flexibility index (Phi) is 4.33. The number of hydrogen-bond acceptors (Lipinski definition) is 6. The Bertz CT molecular complexity index is 1350. The molecule has 0 radical (unpaired) electrons. The molecule has 3 saturated heterocycles. The molecule has 5 heterocycles. The summed E-state index contributed by atoms with van der Waals surface area (Å²) < 4.78 is 6.32. The van der Waals surface area contributed by atoms with Crippen molar-refractivity contribution in [3.05, 3.63) is 70.4 Å². The van der Waals surface area contributed by atoms with Crippen LogP contribution >= 0.6 is 0 Å². The quantitative estimate of drug-likeness (QED) is 0.396. The molecule has 1 spiro atoms. The zero-order chi connectivity index (χ0) is 24.2. The lowest BCUT2D eigenvalue weighted by Crippen LogP contribution is -2.99. The molecular weight excluding hydrogens is 456 g/mol. The summed E-state index contributed by atoms with van der Waals surface area (Å²) in [6, 6.07) is 13.6. The Hall–Kier alpha value is -2.88. The maximum Gasteiger partial charge on any atom is 0.229 e. The van der Waals surface area contributed by atoms with Gasteiger partial charge in [-0.1, -0.05) is 23.8 Å². The van der Waals surface area contributed by atoms with Gasteiger partial charge >= 0.3 is 0 Å². The van der Waals surface area contributed by atoms with Crippen LogP contribution in [0.2, 0.25) is 0 Å². The molecule has 1 amide bonds. The third kappa shape index (κ3) is 2.65. The van der Waals surface area contributed by atoms with E-state index in [1.54, 1.807) is 24.4 Å². The molecule has 2 N–H and O–H groups in total. The number of piperidine rings is 2. The van der Waals surface area contributed by atoms with Crippen LogP contribution in [-0.4, -0.2) is 60.1 Å². The highest BCUT2D eigenvalue weighted by atomic mass is 16.8. The number of amides is 1. The summed E-state index contributed by atoms with van der Waals surface area (Å²) in [5, 5.41) is 19.7. The second-order valence-electron chi connectivity index (χ2n) is 11.1. The largest absolute Gasteiger partial charge is 0.595 e. The van der Waals surface area contributed by atoms with E-state index in [2.05, 4.69) is 28.0 Å². The first kappa shape index (κ1) is 21.2. The number of carbonyl (C=O) groups is 1. The van der Waals surface area contributed by atoms with Crippen molar-refractivity contribution in [2.75, 3.05) is 24.6 Å². The van der Waals surface area contributed by atoms with Gasteiger partial charge in [0.2, 0.25) is 5.91 Å². The average Bonchev–Trinajstić information content (AvgIpc) is 3.35. The number of ether oxygens (including phenoxy) is 1. The van der Waals surface area contributed by atoms with E-state index in [1.165, 1.54) is 11.1 Å². The van der Waals surface area contributed by atoms with Gasteiger partial charge in [-0.2, -0.15) is 5.23 Å². The van der Waals surface area contributed by atoms with Gasteiger partial charge in [-0.25, -0.2) is 5.21 Å². The Morgan fingerprint density at radius 2 is 2.17 bits per heavy atom. The fraction of sp³-hybridized carbons (Fsp3) is 0.429. The van der Waals surface area contributed by atoms with E-state index in [9.17, 15) is 15.2 Å². The summed E-state index contributed by atoms with van der Waals surface area (Å²) in [6.45, 7) is 2.70. The highest BCUT2D eigenvalue weighted by Crippen LogP contribution is 2.66. The Morgan fingerprint density at radius 1 is 1.25 bits per heavy atom. The van der Waals surface area contributed by atoms with Crippen LogP contribution in [0.5, 0.6) is 0 Å². The van der Waals surface area contributed by atoms with Gasteiger partial charge in [0.15, 0.2) is 5.69 Å². The van der Waals surface area contributed by atoms with Crippen molar-refractivity contribution < 1.29 is 20.0 Å². The van der Waals surface area contributed by atoms with Gasteiger partial charge in [-0.3, -0.25) is 14.7 Å². The number of fused-ring (bicyclic) bond motifs is 2. The van der Waals surface area contributed by atoms with Gasteiger partial charge in [0, 0.05) is 48.0 Å². The van der Waals surface area contributed by atoms with Crippen molar-refractivity contribution in [3.8, 4) is 0 Å². The molecular formula is C28H28N4O4.